The molecule has 4 rings (SSSR count). The molecule has 0 saturated heterocycles. The van der Waals surface area contributed by atoms with Crippen LogP contribution in [0, 0.1) is 46.8 Å². The zero-order valence-corrected chi connectivity index (χ0v) is 18.4. The van der Waals surface area contributed by atoms with E-state index in [9.17, 15) is 5.11 Å². The minimum Gasteiger partial charge on any atom is -0.393 e. The molecule has 4 unspecified atom stereocenters. The van der Waals surface area contributed by atoms with Crippen LogP contribution < -0.4 is 0 Å². The van der Waals surface area contributed by atoms with E-state index in [0.29, 0.717) is 5.41 Å². The molecule has 1 heteroatoms. The van der Waals surface area contributed by atoms with E-state index in [1.165, 1.54) is 57.8 Å². The van der Waals surface area contributed by atoms with Crippen LogP contribution in [0.15, 0.2) is 11.6 Å². The normalized spacial score (nSPS) is 45.0. The van der Waals surface area contributed by atoms with Crippen LogP contribution in [0.3, 0.4) is 0 Å². The van der Waals surface area contributed by atoms with E-state index >= 15 is 0 Å². The van der Waals surface area contributed by atoms with E-state index < -0.39 is 0 Å². The summed E-state index contributed by atoms with van der Waals surface area (Å²) in [5.74, 6) is 6.68. The first-order chi connectivity index (χ1) is 12.9. The highest BCUT2D eigenvalue weighted by Gasteiger charge is 2.54. The highest BCUT2D eigenvalue weighted by atomic mass is 16.3. The van der Waals surface area contributed by atoms with E-state index in [2.05, 4.69) is 33.8 Å². The van der Waals surface area contributed by atoms with Crippen molar-refractivity contribution in [3.63, 3.8) is 0 Å². The smallest absolute Gasteiger partial charge is 0.0577 e. The minimum absolute atomic E-state index is 0.0697. The number of fused-ring (bicyclic) bond motifs is 5. The van der Waals surface area contributed by atoms with Gasteiger partial charge in [0.05, 0.1) is 6.10 Å². The van der Waals surface area contributed by atoms with Crippen LogP contribution in [0.2, 0.25) is 0 Å². The zero-order valence-electron chi connectivity index (χ0n) is 18.4. The van der Waals surface area contributed by atoms with Crippen LogP contribution in [-0.2, 0) is 0 Å². The van der Waals surface area contributed by atoms with Gasteiger partial charge in [-0.3, -0.25) is 0 Å². The summed E-state index contributed by atoms with van der Waals surface area (Å²) in [5.41, 5.74) is 2.03. The van der Waals surface area contributed by atoms with Crippen molar-refractivity contribution < 1.29 is 5.11 Å². The van der Waals surface area contributed by atoms with E-state index in [0.717, 1.165) is 54.3 Å². The Balaban J connectivity index is 1.43. The van der Waals surface area contributed by atoms with Crippen LogP contribution in [0.5, 0.6) is 0 Å². The third kappa shape index (κ3) is 3.67. The van der Waals surface area contributed by atoms with Crippen molar-refractivity contribution in [2.45, 2.75) is 104 Å². The fourth-order valence-corrected chi connectivity index (χ4v) is 8.11. The molecule has 0 amide bonds. The number of allylic oxidation sites excluding steroid dienone is 1. The predicted octanol–water partition coefficient (Wildman–Crippen LogP) is 7.00. The van der Waals surface area contributed by atoms with Crippen LogP contribution in [-0.4, -0.2) is 11.2 Å². The first-order valence-corrected chi connectivity index (χ1v) is 12.3. The molecule has 3 fully saturated rings. The molecule has 0 bridgehead atoms. The topological polar surface area (TPSA) is 20.2 Å². The molecular weight excluding hydrogens is 328 g/mol. The maximum atomic E-state index is 10.2. The van der Waals surface area contributed by atoms with Crippen molar-refractivity contribution in [1.29, 1.82) is 0 Å². The number of hydrogen-bond acceptors (Lipinski definition) is 1. The minimum atomic E-state index is -0.0697. The predicted molar refractivity (Wildman–Crippen MR) is 114 cm³/mol. The molecule has 0 aromatic rings. The van der Waals surface area contributed by atoms with Crippen LogP contribution in [0.4, 0.5) is 0 Å². The Kier molecular flexibility index (Phi) is 5.81. The molecule has 3 saturated carbocycles. The average molecular weight is 373 g/mol. The number of hydrogen-bond donors (Lipinski definition) is 1. The molecule has 0 spiro atoms. The molecule has 1 nitrogen and oxygen atoms in total. The Morgan fingerprint density at radius 2 is 1.78 bits per heavy atom. The molecule has 0 aromatic carbocycles. The molecule has 0 heterocycles. The first kappa shape index (κ1) is 20.0. The summed E-state index contributed by atoms with van der Waals surface area (Å²) in [6.07, 6.45) is 17.3. The molecular formula is C26H44O. The summed E-state index contributed by atoms with van der Waals surface area (Å²) < 4.78 is 0. The second-order valence-electron chi connectivity index (χ2n) is 11.5. The van der Waals surface area contributed by atoms with Gasteiger partial charge in [-0.2, -0.15) is 0 Å². The van der Waals surface area contributed by atoms with Gasteiger partial charge in [-0.15, -0.1) is 0 Å². The molecule has 0 radical (unpaired) electrons. The number of aliphatic hydroxyl groups excluding tert-OH is 1. The molecule has 154 valence electrons. The van der Waals surface area contributed by atoms with Gasteiger partial charge >= 0.3 is 0 Å². The molecule has 8 atom stereocenters. The van der Waals surface area contributed by atoms with Crippen LogP contribution >= 0.6 is 0 Å². The average Bonchev–Trinajstić information content (AvgIpc) is 3.06. The van der Waals surface area contributed by atoms with Gasteiger partial charge in [0.1, 0.15) is 0 Å². The van der Waals surface area contributed by atoms with Crippen molar-refractivity contribution in [2.75, 3.05) is 0 Å². The van der Waals surface area contributed by atoms with Crippen LogP contribution in [0.25, 0.3) is 0 Å². The third-order valence-electron chi connectivity index (χ3n) is 9.62. The Morgan fingerprint density at radius 3 is 2.56 bits per heavy atom. The lowest BCUT2D eigenvalue weighted by Gasteiger charge is -2.55. The van der Waals surface area contributed by atoms with Gasteiger partial charge in [0.2, 0.25) is 0 Å². The summed E-state index contributed by atoms with van der Waals surface area (Å²) >= 11 is 0. The Labute approximate surface area is 168 Å². The van der Waals surface area contributed by atoms with E-state index in [1.54, 1.807) is 5.57 Å². The SMILES string of the molecule is CC(C)CCC[C@@H](C)[C@H]1CC[C@@H]2C1CC[C@H]1C2CC=C2CC(O)CCC21C. The summed E-state index contributed by atoms with van der Waals surface area (Å²) in [5, 5.41) is 10.2. The maximum absolute atomic E-state index is 10.2. The van der Waals surface area contributed by atoms with Gasteiger partial charge in [0.25, 0.3) is 0 Å². The highest BCUT2D eigenvalue weighted by molar-refractivity contribution is 5.24. The second kappa shape index (κ2) is 7.85. The van der Waals surface area contributed by atoms with Crippen molar-refractivity contribution >= 4 is 0 Å². The molecule has 0 aliphatic heterocycles. The summed E-state index contributed by atoms with van der Waals surface area (Å²) in [6, 6.07) is 0. The lowest BCUT2D eigenvalue weighted by atomic mass is 9.50. The fourth-order valence-electron chi connectivity index (χ4n) is 8.11. The maximum Gasteiger partial charge on any atom is 0.0577 e. The summed E-state index contributed by atoms with van der Waals surface area (Å²) in [7, 11) is 0. The number of rotatable bonds is 5. The van der Waals surface area contributed by atoms with Gasteiger partial charge in [-0.1, -0.05) is 58.6 Å². The lowest BCUT2D eigenvalue weighted by molar-refractivity contribution is -0.0152. The van der Waals surface area contributed by atoms with Crippen molar-refractivity contribution in [3.05, 3.63) is 11.6 Å². The van der Waals surface area contributed by atoms with Gasteiger partial charge < -0.3 is 5.11 Å². The molecule has 0 aromatic heterocycles. The largest absolute Gasteiger partial charge is 0.393 e. The third-order valence-corrected chi connectivity index (χ3v) is 9.62. The second-order valence-corrected chi connectivity index (χ2v) is 11.5. The zero-order chi connectivity index (χ0) is 19.2. The Bertz CT molecular complexity index is 548. The molecule has 4 aliphatic carbocycles. The van der Waals surface area contributed by atoms with E-state index in [1.807, 2.05) is 0 Å². The molecule has 1 N–H and O–H groups in total. The quantitative estimate of drug-likeness (QED) is 0.515. The lowest BCUT2D eigenvalue weighted by Crippen LogP contribution is -2.47. The molecule has 4 aliphatic rings. The van der Waals surface area contributed by atoms with Crippen molar-refractivity contribution in [3.8, 4) is 0 Å². The first-order valence-electron chi connectivity index (χ1n) is 12.3. The standard InChI is InChI=1S/C26H44O/c1-17(2)6-5-7-18(3)21-10-11-23-22(21)12-13-25-24(23)9-8-19-16-20(27)14-15-26(19,25)4/h8,17-18,20-25,27H,5-7,9-16H2,1-4H3/t18-,20?,21-,22?,23-,24?,25+,26?/m1/s1. The fraction of sp³-hybridized carbons (Fsp3) is 0.923. The van der Waals surface area contributed by atoms with Gasteiger partial charge in [-0.05, 0) is 98.2 Å². The van der Waals surface area contributed by atoms with Crippen LogP contribution in [0.1, 0.15) is 98.3 Å². The molecule has 27 heavy (non-hydrogen) atoms. The number of aliphatic hydroxyl groups is 1. The van der Waals surface area contributed by atoms with Gasteiger partial charge in [-0.25, -0.2) is 0 Å². The van der Waals surface area contributed by atoms with E-state index in [4.69, 9.17) is 0 Å². The summed E-state index contributed by atoms with van der Waals surface area (Å²) in [4.78, 5) is 0. The van der Waals surface area contributed by atoms with Gasteiger partial charge in [0, 0.05) is 0 Å². The van der Waals surface area contributed by atoms with Crippen molar-refractivity contribution in [2.24, 2.45) is 46.8 Å². The Morgan fingerprint density at radius 1 is 1.00 bits per heavy atom. The highest BCUT2D eigenvalue weighted by Crippen LogP contribution is 2.62. The van der Waals surface area contributed by atoms with Crippen molar-refractivity contribution in [1.82, 2.24) is 0 Å². The van der Waals surface area contributed by atoms with Gasteiger partial charge in [0.15, 0.2) is 0 Å². The Hall–Kier alpha value is -0.300. The summed E-state index contributed by atoms with van der Waals surface area (Å²) in [6.45, 7) is 9.87. The monoisotopic (exact) mass is 372 g/mol. The van der Waals surface area contributed by atoms with E-state index in [-0.39, 0.29) is 6.10 Å².